The summed E-state index contributed by atoms with van der Waals surface area (Å²) in [5, 5.41) is 42.8. The van der Waals surface area contributed by atoms with Crippen LogP contribution in [0.1, 0.15) is 96.0 Å². The number of aliphatic carboxylic acids is 3. The number of hydrogen-bond donors (Lipinski definition) is 5. The van der Waals surface area contributed by atoms with E-state index >= 15 is 0 Å². The number of nitrogens with one attached hydrogen (secondary N) is 1. The van der Waals surface area contributed by atoms with Crippen molar-refractivity contribution in [3.63, 3.8) is 0 Å². The molecule has 48 heavy (non-hydrogen) atoms. The lowest BCUT2D eigenvalue weighted by Gasteiger charge is -2.29. The van der Waals surface area contributed by atoms with Crippen LogP contribution in [-0.2, 0) is 30.4 Å². The van der Waals surface area contributed by atoms with Crippen LogP contribution >= 0.6 is 11.6 Å². The fraction of sp³-hybridized carbons (Fsp3) is 0.486. The van der Waals surface area contributed by atoms with Crippen molar-refractivity contribution in [2.24, 2.45) is 5.92 Å². The van der Waals surface area contributed by atoms with Crippen LogP contribution in [-0.4, -0.2) is 61.7 Å². The minimum atomic E-state index is -3.02. The van der Waals surface area contributed by atoms with Gasteiger partial charge >= 0.3 is 17.9 Å². The van der Waals surface area contributed by atoms with Gasteiger partial charge in [0.2, 0.25) is 5.91 Å². The first-order chi connectivity index (χ1) is 22.9. The van der Waals surface area contributed by atoms with Crippen molar-refractivity contribution in [2.75, 3.05) is 0 Å². The maximum atomic E-state index is 13.4. The number of Topliss-reactive ketones (excluding diaryl/α,β-unsaturated/α-hetero) is 1. The topological polar surface area (TPSA) is 178 Å². The third-order valence-corrected chi connectivity index (χ3v) is 8.45. The van der Waals surface area contributed by atoms with E-state index in [0.29, 0.717) is 36.3 Å². The number of carbonyl (C=O) groups is 5. The highest BCUT2D eigenvalue weighted by Gasteiger charge is 2.49. The van der Waals surface area contributed by atoms with Gasteiger partial charge in [-0.15, -0.1) is 0 Å². The molecular weight excluding hydrogens is 638 g/mol. The molecule has 0 fully saturated rings. The molecule has 2 aromatic rings. The monoisotopic (exact) mass is 685 g/mol. The van der Waals surface area contributed by atoms with Crippen LogP contribution in [0.25, 0.3) is 11.1 Å². The third-order valence-electron chi connectivity index (χ3n) is 8.22. The Balaban J connectivity index is 2.03. The third kappa shape index (κ3) is 14.0. The quantitative estimate of drug-likeness (QED) is 0.0584. The summed E-state index contributed by atoms with van der Waals surface area (Å²) in [6.45, 7) is 2.15. The molecule has 3 atom stereocenters. The van der Waals surface area contributed by atoms with Gasteiger partial charge in [-0.3, -0.25) is 14.4 Å². The molecule has 0 radical (unpaired) electrons. The summed E-state index contributed by atoms with van der Waals surface area (Å²) in [7, 11) is 0. The fourth-order valence-electron chi connectivity index (χ4n) is 5.43. The zero-order valence-corrected chi connectivity index (χ0v) is 28.3. The lowest BCUT2D eigenvalue weighted by molar-refractivity contribution is -0.172. The van der Waals surface area contributed by atoms with Crippen LogP contribution in [0.4, 0.5) is 0 Å². The van der Waals surface area contributed by atoms with E-state index in [0.717, 1.165) is 62.1 Å². The van der Waals surface area contributed by atoms with Crippen molar-refractivity contribution in [1.29, 1.82) is 0 Å². The Bertz CT molecular complexity index is 1390. The number of ketones is 1. The van der Waals surface area contributed by atoms with Crippen molar-refractivity contribution in [2.45, 2.75) is 108 Å². The maximum absolute atomic E-state index is 13.4. The number of allylic oxidation sites excluding steroid dienone is 1. The van der Waals surface area contributed by atoms with E-state index in [9.17, 15) is 44.4 Å². The van der Waals surface area contributed by atoms with Crippen LogP contribution in [0.15, 0.2) is 60.7 Å². The molecule has 0 heterocycles. The number of hydrogen-bond acceptors (Lipinski definition) is 6. The molecule has 2 aromatic carbocycles. The number of halogens is 1. The van der Waals surface area contributed by atoms with Crippen LogP contribution in [0.3, 0.4) is 0 Å². The number of benzene rings is 2. The van der Waals surface area contributed by atoms with E-state index in [4.69, 9.17) is 11.6 Å². The molecule has 5 N–H and O–H groups in total. The van der Waals surface area contributed by atoms with Gasteiger partial charge in [0.25, 0.3) is 0 Å². The van der Waals surface area contributed by atoms with E-state index in [1.165, 1.54) is 12.5 Å². The summed E-state index contributed by atoms with van der Waals surface area (Å²) in [5.74, 6) is -7.70. The van der Waals surface area contributed by atoms with Crippen molar-refractivity contribution >= 4 is 41.2 Å². The smallest absolute Gasteiger partial charge is 0.337 e. The average molecular weight is 686 g/mol. The fourth-order valence-corrected chi connectivity index (χ4v) is 5.62. The van der Waals surface area contributed by atoms with Crippen molar-refractivity contribution in [3.8, 4) is 11.1 Å². The molecule has 0 bridgehead atoms. The molecule has 0 saturated carbocycles. The molecule has 2 rings (SSSR count). The van der Waals surface area contributed by atoms with Crippen molar-refractivity contribution in [3.05, 3.63) is 71.3 Å². The molecule has 0 spiro atoms. The molecular formula is C37H48ClNO9. The van der Waals surface area contributed by atoms with E-state index in [2.05, 4.69) is 12.2 Å². The van der Waals surface area contributed by atoms with E-state index in [-0.39, 0.29) is 12.2 Å². The van der Waals surface area contributed by atoms with Gasteiger partial charge in [-0.1, -0.05) is 106 Å². The summed E-state index contributed by atoms with van der Waals surface area (Å²) in [6, 6.07) is 12.6. The SMILES string of the molecule is CCCCCCCC(=O)CCCCCC/C=C/[C@@H](C(=O)N[C@@H](Cc1ccc(-c2cccc(Cl)c2)cc1)C(=O)O)[C@@](O)(CC(=O)O)C(=O)O. The van der Waals surface area contributed by atoms with Gasteiger partial charge in [0, 0.05) is 24.3 Å². The van der Waals surface area contributed by atoms with Gasteiger partial charge in [0.15, 0.2) is 5.60 Å². The predicted octanol–water partition coefficient (Wildman–Crippen LogP) is 6.85. The minimum absolute atomic E-state index is 0.154. The van der Waals surface area contributed by atoms with Gasteiger partial charge in [-0.2, -0.15) is 0 Å². The molecule has 11 heteroatoms. The molecule has 0 aliphatic rings. The summed E-state index contributed by atoms with van der Waals surface area (Å²) in [6.07, 6.45) is 11.3. The highest BCUT2D eigenvalue weighted by Crippen LogP contribution is 2.26. The van der Waals surface area contributed by atoms with E-state index < -0.39 is 47.8 Å². The molecule has 0 aromatic heterocycles. The summed E-state index contributed by atoms with van der Waals surface area (Å²) < 4.78 is 0. The molecule has 1 amide bonds. The lowest BCUT2D eigenvalue weighted by atomic mass is 9.82. The number of carboxylic acid groups (broad SMARTS) is 3. The number of carboxylic acids is 3. The van der Waals surface area contributed by atoms with E-state index in [1.54, 1.807) is 42.5 Å². The molecule has 0 unspecified atom stereocenters. The van der Waals surface area contributed by atoms with Gasteiger partial charge in [-0.25, -0.2) is 9.59 Å². The molecule has 10 nitrogen and oxygen atoms in total. The summed E-state index contributed by atoms with van der Waals surface area (Å²) >= 11 is 6.07. The molecule has 0 aliphatic heterocycles. The number of rotatable bonds is 24. The van der Waals surface area contributed by atoms with Gasteiger partial charge in [-0.05, 0) is 54.5 Å². The van der Waals surface area contributed by atoms with Crippen LogP contribution in [0.5, 0.6) is 0 Å². The molecule has 0 saturated heterocycles. The molecule has 0 aliphatic carbocycles. The Morgan fingerprint density at radius 1 is 0.833 bits per heavy atom. The second-order valence-corrected chi connectivity index (χ2v) is 12.6. The summed E-state index contributed by atoms with van der Waals surface area (Å²) in [5.41, 5.74) is -0.764. The van der Waals surface area contributed by atoms with Gasteiger partial charge < -0.3 is 25.7 Å². The average Bonchev–Trinajstić information content (AvgIpc) is 3.03. The Morgan fingerprint density at radius 2 is 1.46 bits per heavy atom. The number of carbonyl (C=O) groups excluding carboxylic acids is 2. The van der Waals surface area contributed by atoms with Crippen LogP contribution in [0.2, 0.25) is 5.02 Å². The second-order valence-electron chi connectivity index (χ2n) is 12.2. The van der Waals surface area contributed by atoms with Crippen LogP contribution in [0, 0.1) is 5.92 Å². The van der Waals surface area contributed by atoms with Crippen molar-refractivity contribution in [1.82, 2.24) is 5.32 Å². The minimum Gasteiger partial charge on any atom is -0.481 e. The zero-order valence-electron chi connectivity index (χ0n) is 27.5. The highest BCUT2D eigenvalue weighted by molar-refractivity contribution is 6.30. The maximum Gasteiger partial charge on any atom is 0.337 e. The van der Waals surface area contributed by atoms with Gasteiger partial charge in [0.1, 0.15) is 11.8 Å². The normalized spacial score (nSPS) is 13.8. The standard InChI is InChI=1S/C37H48ClNO9/c1-2-3-4-7-10-16-30(40)17-11-8-5-6-9-12-18-31(37(48,36(46)47)25-33(41)42)34(43)39-32(35(44)45)23-26-19-21-27(22-20-26)28-14-13-15-29(38)24-28/h12-15,18-22,24,31-32,48H,2-11,16-17,23,25H2,1H3,(H,39,43)(H,41,42)(H,44,45)(H,46,47)/b18-12+/t31-,32-,37-/m0/s1. The number of unbranched alkanes of at least 4 members (excludes halogenated alkanes) is 8. The highest BCUT2D eigenvalue weighted by atomic mass is 35.5. The Labute approximate surface area is 287 Å². The first-order valence-electron chi connectivity index (χ1n) is 16.6. The molecule has 262 valence electrons. The van der Waals surface area contributed by atoms with E-state index in [1.807, 2.05) is 6.07 Å². The van der Waals surface area contributed by atoms with Crippen LogP contribution < -0.4 is 5.32 Å². The van der Waals surface area contributed by atoms with Crippen molar-refractivity contribution < 1.29 is 44.4 Å². The second kappa shape index (κ2) is 21.1. The predicted molar refractivity (Wildman–Crippen MR) is 184 cm³/mol. The first kappa shape index (κ1) is 40.2. The lowest BCUT2D eigenvalue weighted by Crippen LogP contribution is -2.55. The zero-order chi connectivity index (χ0) is 35.5. The number of aliphatic hydroxyl groups is 1. The Morgan fingerprint density at radius 3 is 2.02 bits per heavy atom. The summed E-state index contributed by atoms with van der Waals surface area (Å²) in [4.78, 5) is 61.1. The Hall–Kier alpha value is -4.02. The first-order valence-corrected chi connectivity index (χ1v) is 17.0. The largest absolute Gasteiger partial charge is 0.481 e. The Kier molecular flexibility index (Phi) is 17.6. The van der Waals surface area contributed by atoms with Gasteiger partial charge in [0.05, 0.1) is 12.3 Å². The number of amides is 1.